The molecule has 1 saturated carbocycles. The van der Waals surface area contributed by atoms with Crippen molar-refractivity contribution in [3.8, 4) is 0 Å². The van der Waals surface area contributed by atoms with Crippen molar-refractivity contribution < 1.29 is 4.79 Å². The van der Waals surface area contributed by atoms with Gasteiger partial charge in [-0.2, -0.15) is 0 Å². The Hall–Kier alpha value is -0.370. The van der Waals surface area contributed by atoms with Crippen LogP contribution >= 0.6 is 0 Å². The van der Waals surface area contributed by atoms with Gasteiger partial charge in [-0.3, -0.25) is 4.79 Å². The zero-order valence-corrected chi connectivity index (χ0v) is 7.94. The first kappa shape index (κ1) is 9.72. The minimum atomic E-state index is 0.385. The average molecular weight is 169 g/mol. The number of hydrogen-bond acceptors (Lipinski definition) is 2. The lowest BCUT2D eigenvalue weighted by Gasteiger charge is -2.00. The Balaban J connectivity index is 1.88. The predicted octanol–water partition coefficient (Wildman–Crippen LogP) is 1.89. The van der Waals surface area contributed by atoms with Crippen molar-refractivity contribution >= 4 is 5.78 Å². The van der Waals surface area contributed by atoms with Gasteiger partial charge in [0.15, 0.2) is 0 Å². The molecule has 0 amide bonds. The molecule has 0 radical (unpaired) electrons. The number of carbonyl (C=O) groups is 1. The smallest absolute Gasteiger partial charge is 0.146 e. The first-order chi connectivity index (χ1) is 5.83. The van der Waals surface area contributed by atoms with Crippen molar-refractivity contribution in [2.75, 3.05) is 6.54 Å². The molecule has 1 aliphatic carbocycles. The van der Waals surface area contributed by atoms with Crippen LogP contribution in [0.2, 0.25) is 0 Å². The Labute approximate surface area is 74.7 Å². The van der Waals surface area contributed by atoms with Crippen molar-refractivity contribution in [2.45, 2.75) is 51.5 Å². The summed E-state index contributed by atoms with van der Waals surface area (Å²) in [5.41, 5.74) is 0. The molecule has 0 bridgehead atoms. The van der Waals surface area contributed by atoms with Gasteiger partial charge < -0.3 is 5.32 Å². The first-order valence-electron chi connectivity index (χ1n) is 5.08. The molecule has 1 aliphatic rings. The molecule has 0 spiro atoms. The van der Waals surface area contributed by atoms with Crippen LogP contribution in [-0.4, -0.2) is 18.4 Å². The van der Waals surface area contributed by atoms with Crippen molar-refractivity contribution in [2.24, 2.45) is 0 Å². The third-order valence-electron chi connectivity index (χ3n) is 2.22. The highest BCUT2D eigenvalue weighted by molar-refractivity contribution is 5.80. The molecule has 2 heteroatoms. The van der Waals surface area contributed by atoms with Crippen molar-refractivity contribution in [3.63, 3.8) is 0 Å². The van der Waals surface area contributed by atoms with Crippen LogP contribution in [0.4, 0.5) is 0 Å². The SMILES string of the molecule is CCCCCC(=O)CNC1CC1. The number of Topliss-reactive ketones (excluding diaryl/α,β-unsaturated/α-hetero) is 1. The van der Waals surface area contributed by atoms with E-state index in [-0.39, 0.29) is 0 Å². The van der Waals surface area contributed by atoms with Gasteiger partial charge in [-0.05, 0) is 19.3 Å². The summed E-state index contributed by atoms with van der Waals surface area (Å²) in [6.45, 7) is 2.77. The molecular formula is C10H19NO. The largest absolute Gasteiger partial charge is 0.307 e. The van der Waals surface area contributed by atoms with E-state index in [1.165, 1.54) is 25.7 Å². The molecule has 0 aromatic carbocycles. The number of unbranched alkanes of at least 4 members (excludes halogenated alkanes) is 2. The van der Waals surface area contributed by atoms with Crippen LogP contribution in [0.5, 0.6) is 0 Å². The number of nitrogens with one attached hydrogen (secondary N) is 1. The molecule has 0 saturated heterocycles. The Bertz CT molecular complexity index is 141. The van der Waals surface area contributed by atoms with Crippen LogP contribution in [0.15, 0.2) is 0 Å². The third-order valence-corrected chi connectivity index (χ3v) is 2.22. The standard InChI is InChI=1S/C10H19NO/c1-2-3-4-5-10(12)8-11-9-6-7-9/h9,11H,2-8H2,1H3. The second-order valence-corrected chi connectivity index (χ2v) is 3.65. The first-order valence-corrected chi connectivity index (χ1v) is 5.08. The van der Waals surface area contributed by atoms with Gasteiger partial charge in [0.05, 0.1) is 6.54 Å². The number of ketones is 1. The minimum absolute atomic E-state index is 0.385. The highest BCUT2D eigenvalue weighted by Crippen LogP contribution is 2.18. The molecule has 0 unspecified atom stereocenters. The summed E-state index contributed by atoms with van der Waals surface area (Å²) in [7, 11) is 0. The molecule has 0 aliphatic heterocycles. The van der Waals surface area contributed by atoms with Crippen LogP contribution in [0.1, 0.15) is 45.4 Å². The maximum absolute atomic E-state index is 11.2. The van der Waals surface area contributed by atoms with Gasteiger partial charge >= 0.3 is 0 Å². The van der Waals surface area contributed by atoms with Crippen LogP contribution < -0.4 is 5.32 Å². The lowest BCUT2D eigenvalue weighted by Crippen LogP contribution is -2.24. The summed E-state index contributed by atoms with van der Waals surface area (Å²) in [4.78, 5) is 11.2. The molecule has 2 nitrogen and oxygen atoms in total. The normalized spacial score (nSPS) is 16.4. The Morgan fingerprint density at radius 3 is 2.75 bits per heavy atom. The van der Waals surface area contributed by atoms with E-state index in [0.29, 0.717) is 18.4 Å². The Morgan fingerprint density at radius 2 is 2.17 bits per heavy atom. The zero-order valence-electron chi connectivity index (χ0n) is 7.94. The molecule has 12 heavy (non-hydrogen) atoms. The Kier molecular flexibility index (Phi) is 4.30. The van der Waals surface area contributed by atoms with Crippen molar-refractivity contribution in [3.05, 3.63) is 0 Å². The second-order valence-electron chi connectivity index (χ2n) is 3.65. The fourth-order valence-electron chi connectivity index (χ4n) is 1.21. The van der Waals surface area contributed by atoms with E-state index >= 15 is 0 Å². The minimum Gasteiger partial charge on any atom is -0.307 e. The Morgan fingerprint density at radius 1 is 1.42 bits per heavy atom. The van der Waals surface area contributed by atoms with E-state index in [4.69, 9.17) is 0 Å². The lowest BCUT2D eigenvalue weighted by atomic mass is 10.1. The molecule has 0 aromatic rings. The lowest BCUT2D eigenvalue weighted by molar-refractivity contribution is -0.118. The highest BCUT2D eigenvalue weighted by Gasteiger charge is 2.20. The fourth-order valence-corrected chi connectivity index (χ4v) is 1.21. The van der Waals surface area contributed by atoms with E-state index in [1.807, 2.05) is 0 Å². The monoisotopic (exact) mass is 169 g/mol. The topological polar surface area (TPSA) is 29.1 Å². The van der Waals surface area contributed by atoms with Crippen LogP contribution in [0.25, 0.3) is 0 Å². The van der Waals surface area contributed by atoms with E-state index in [0.717, 1.165) is 12.8 Å². The molecule has 1 rings (SSSR count). The highest BCUT2D eigenvalue weighted by atomic mass is 16.1. The maximum Gasteiger partial charge on any atom is 0.146 e. The van der Waals surface area contributed by atoms with Gasteiger partial charge in [-0.25, -0.2) is 0 Å². The maximum atomic E-state index is 11.2. The second kappa shape index (κ2) is 5.31. The van der Waals surface area contributed by atoms with Crippen LogP contribution in [-0.2, 0) is 4.79 Å². The van der Waals surface area contributed by atoms with E-state index in [2.05, 4.69) is 12.2 Å². The van der Waals surface area contributed by atoms with Gasteiger partial charge in [0.2, 0.25) is 0 Å². The summed E-state index contributed by atoms with van der Waals surface area (Å²) in [6, 6.07) is 0.667. The zero-order chi connectivity index (χ0) is 8.81. The molecule has 0 heterocycles. The van der Waals surface area contributed by atoms with Gasteiger partial charge in [0.25, 0.3) is 0 Å². The van der Waals surface area contributed by atoms with Crippen LogP contribution in [0.3, 0.4) is 0 Å². The average Bonchev–Trinajstić information content (AvgIpc) is 2.84. The van der Waals surface area contributed by atoms with E-state index in [1.54, 1.807) is 0 Å². The number of carbonyl (C=O) groups excluding carboxylic acids is 1. The summed E-state index contributed by atoms with van der Waals surface area (Å²) in [5.74, 6) is 0.385. The van der Waals surface area contributed by atoms with Gasteiger partial charge in [-0.15, -0.1) is 0 Å². The molecule has 1 fully saturated rings. The van der Waals surface area contributed by atoms with Gasteiger partial charge in [-0.1, -0.05) is 19.8 Å². The molecule has 1 N–H and O–H groups in total. The molecule has 0 aromatic heterocycles. The number of rotatable bonds is 7. The number of hydrogen-bond donors (Lipinski definition) is 1. The van der Waals surface area contributed by atoms with Gasteiger partial charge in [0, 0.05) is 12.5 Å². The molecular weight excluding hydrogens is 150 g/mol. The predicted molar refractivity (Wildman–Crippen MR) is 50.2 cm³/mol. The van der Waals surface area contributed by atoms with Crippen molar-refractivity contribution in [1.82, 2.24) is 5.32 Å². The summed E-state index contributed by atoms with van der Waals surface area (Å²) < 4.78 is 0. The summed E-state index contributed by atoms with van der Waals surface area (Å²) >= 11 is 0. The molecule has 0 atom stereocenters. The fraction of sp³-hybridized carbons (Fsp3) is 0.900. The van der Waals surface area contributed by atoms with Crippen LogP contribution in [0, 0.1) is 0 Å². The summed E-state index contributed by atoms with van der Waals surface area (Å²) in [6.07, 6.45) is 6.76. The molecule has 70 valence electrons. The summed E-state index contributed by atoms with van der Waals surface area (Å²) in [5, 5.41) is 3.23. The third kappa shape index (κ3) is 4.50. The van der Waals surface area contributed by atoms with E-state index in [9.17, 15) is 4.79 Å². The van der Waals surface area contributed by atoms with E-state index < -0.39 is 0 Å². The van der Waals surface area contributed by atoms with Crippen molar-refractivity contribution in [1.29, 1.82) is 0 Å². The van der Waals surface area contributed by atoms with Gasteiger partial charge in [0.1, 0.15) is 5.78 Å². The quantitative estimate of drug-likeness (QED) is 0.590.